The van der Waals surface area contributed by atoms with Gasteiger partial charge in [-0.3, -0.25) is 4.79 Å². The summed E-state index contributed by atoms with van der Waals surface area (Å²) in [5, 5.41) is 3.04. The van der Waals surface area contributed by atoms with Crippen molar-refractivity contribution in [3.8, 4) is 0 Å². The maximum absolute atomic E-state index is 12.3. The topological polar surface area (TPSA) is 70.5 Å². The first-order valence-corrected chi connectivity index (χ1v) is 9.78. The maximum Gasteiger partial charge on any atom is 0.317 e. The van der Waals surface area contributed by atoms with Crippen molar-refractivity contribution in [2.45, 2.75) is 38.5 Å². The number of aryl methyl sites for hydroxylation is 2. The van der Waals surface area contributed by atoms with Crippen LogP contribution in [0.25, 0.3) is 0 Å². The van der Waals surface area contributed by atoms with Crippen LogP contribution in [0.3, 0.4) is 0 Å². The Bertz CT molecular complexity index is 625. The Balaban J connectivity index is 1.34. The van der Waals surface area contributed by atoms with E-state index in [0.717, 1.165) is 57.4 Å². The molecule has 1 atom stereocenters. The average molecular weight is 361 g/mol. The summed E-state index contributed by atoms with van der Waals surface area (Å²) >= 11 is 0. The summed E-state index contributed by atoms with van der Waals surface area (Å²) in [5.74, 6) is 2.03. The number of piperidine rings is 1. The van der Waals surface area contributed by atoms with E-state index in [1.807, 2.05) is 29.8 Å². The second-order valence-corrected chi connectivity index (χ2v) is 7.73. The zero-order chi connectivity index (χ0) is 18.5. The van der Waals surface area contributed by atoms with E-state index in [4.69, 9.17) is 0 Å². The molecule has 1 aromatic rings. The lowest BCUT2D eigenvalue weighted by Gasteiger charge is -2.33. The van der Waals surface area contributed by atoms with Gasteiger partial charge in [0.2, 0.25) is 5.91 Å². The lowest BCUT2D eigenvalue weighted by atomic mass is 9.97. The number of aromatic nitrogens is 2. The summed E-state index contributed by atoms with van der Waals surface area (Å²) in [4.78, 5) is 32.6. The predicted molar refractivity (Wildman–Crippen MR) is 99.6 cm³/mol. The van der Waals surface area contributed by atoms with Gasteiger partial charge in [0.05, 0.1) is 0 Å². The van der Waals surface area contributed by atoms with Crippen LogP contribution in [0.1, 0.15) is 37.9 Å². The number of rotatable bonds is 7. The molecule has 1 aliphatic carbocycles. The smallest absolute Gasteiger partial charge is 0.317 e. The van der Waals surface area contributed by atoms with Crippen LogP contribution < -0.4 is 5.32 Å². The van der Waals surface area contributed by atoms with E-state index in [0.29, 0.717) is 24.9 Å². The van der Waals surface area contributed by atoms with Crippen LogP contribution in [0, 0.1) is 11.8 Å². The van der Waals surface area contributed by atoms with Gasteiger partial charge in [-0.25, -0.2) is 9.78 Å². The summed E-state index contributed by atoms with van der Waals surface area (Å²) in [6.07, 6.45) is 9.72. The number of nitrogens with one attached hydrogen (secondary N) is 1. The maximum atomic E-state index is 12.3. The fraction of sp³-hybridized carbons (Fsp3) is 0.737. The Kier molecular flexibility index (Phi) is 6.16. The summed E-state index contributed by atoms with van der Waals surface area (Å²) in [5.41, 5.74) is 0. The third-order valence-corrected chi connectivity index (χ3v) is 5.46. The Labute approximate surface area is 155 Å². The molecule has 1 aromatic heterocycles. The first-order valence-electron chi connectivity index (χ1n) is 9.78. The molecule has 7 heteroatoms. The van der Waals surface area contributed by atoms with Gasteiger partial charge in [-0.05, 0) is 38.0 Å². The zero-order valence-electron chi connectivity index (χ0n) is 16.0. The molecule has 0 aromatic carbocycles. The molecule has 26 heavy (non-hydrogen) atoms. The molecule has 3 rings (SSSR count). The van der Waals surface area contributed by atoms with Crippen molar-refractivity contribution in [2.24, 2.45) is 18.9 Å². The Morgan fingerprint density at radius 2 is 2.15 bits per heavy atom. The third-order valence-electron chi connectivity index (χ3n) is 5.46. The quantitative estimate of drug-likeness (QED) is 0.803. The van der Waals surface area contributed by atoms with Gasteiger partial charge in [0.25, 0.3) is 0 Å². The minimum absolute atomic E-state index is 0.0320. The van der Waals surface area contributed by atoms with E-state index in [1.54, 1.807) is 11.1 Å². The Morgan fingerprint density at radius 3 is 2.85 bits per heavy atom. The number of urea groups is 1. The van der Waals surface area contributed by atoms with Crippen molar-refractivity contribution in [3.63, 3.8) is 0 Å². The molecule has 1 aliphatic heterocycles. The predicted octanol–water partition coefficient (Wildman–Crippen LogP) is 1.64. The van der Waals surface area contributed by atoms with Crippen molar-refractivity contribution >= 4 is 11.9 Å². The number of amides is 3. The third kappa shape index (κ3) is 4.99. The molecule has 1 saturated carbocycles. The van der Waals surface area contributed by atoms with Crippen molar-refractivity contribution in [1.29, 1.82) is 0 Å². The Hall–Kier alpha value is -2.05. The molecular formula is C19H31N5O2. The number of carbonyl (C=O) groups is 2. The fourth-order valence-electron chi connectivity index (χ4n) is 3.60. The van der Waals surface area contributed by atoms with Crippen LogP contribution >= 0.6 is 0 Å². The van der Waals surface area contributed by atoms with E-state index in [1.165, 1.54) is 0 Å². The monoisotopic (exact) mass is 361 g/mol. The number of hydrogen-bond donors (Lipinski definition) is 1. The number of hydrogen-bond acceptors (Lipinski definition) is 3. The highest BCUT2D eigenvalue weighted by atomic mass is 16.2. The fourth-order valence-corrected chi connectivity index (χ4v) is 3.60. The molecule has 7 nitrogen and oxygen atoms in total. The molecule has 0 spiro atoms. The van der Waals surface area contributed by atoms with Gasteiger partial charge in [-0.15, -0.1) is 0 Å². The first-order chi connectivity index (χ1) is 12.5. The van der Waals surface area contributed by atoms with Crippen LogP contribution in [0.4, 0.5) is 4.79 Å². The second-order valence-electron chi connectivity index (χ2n) is 7.73. The summed E-state index contributed by atoms with van der Waals surface area (Å²) in [6.45, 7) is 3.03. The largest absolute Gasteiger partial charge is 0.342 e. The Morgan fingerprint density at radius 1 is 1.35 bits per heavy atom. The molecule has 0 bridgehead atoms. The van der Waals surface area contributed by atoms with Crippen molar-refractivity contribution in [3.05, 3.63) is 18.2 Å². The van der Waals surface area contributed by atoms with E-state index < -0.39 is 0 Å². The minimum atomic E-state index is -0.0320. The molecule has 1 saturated heterocycles. The van der Waals surface area contributed by atoms with E-state index >= 15 is 0 Å². The van der Waals surface area contributed by atoms with Gasteiger partial charge in [-0.1, -0.05) is 0 Å². The van der Waals surface area contributed by atoms with Gasteiger partial charge in [0, 0.05) is 65.0 Å². The van der Waals surface area contributed by atoms with E-state index in [-0.39, 0.29) is 11.9 Å². The molecule has 0 radical (unpaired) electrons. The molecular weight excluding hydrogens is 330 g/mol. The number of nitrogens with zero attached hydrogens (tertiary/aromatic N) is 4. The minimum Gasteiger partial charge on any atom is -0.342 e. The van der Waals surface area contributed by atoms with E-state index in [9.17, 15) is 9.59 Å². The highest BCUT2D eigenvalue weighted by molar-refractivity contribution is 5.81. The summed E-state index contributed by atoms with van der Waals surface area (Å²) in [7, 11) is 3.82. The second kappa shape index (κ2) is 8.56. The van der Waals surface area contributed by atoms with Gasteiger partial charge in [-0.2, -0.15) is 0 Å². The molecule has 3 amide bonds. The zero-order valence-corrected chi connectivity index (χ0v) is 16.0. The van der Waals surface area contributed by atoms with Gasteiger partial charge in [0.1, 0.15) is 5.82 Å². The van der Waals surface area contributed by atoms with Crippen LogP contribution in [-0.4, -0.2) is 64.5 Å². The van der Waals surface area contributed by atoms with Crippen molar-refractivity contribution < 1.29 is 9.59 Å². The van der Waals surface area contributed by atoms with Gasteiger partial charge >= 0.3 is 6.03 Å². The lowest BCUT2D eigenvalue weighted by Crippen LogP contribution is -2.46. The highest BCUT2D eigenvalue weighted by Gasteiger charge is 2.35. The first kappa shape index (κ1) is 18.7. The summed E-state index contributed by atoms with van der Waals surface area (Å²) < 4.78 is 2.01. The molecule has 144 valence electrons. The standard InChI is InChI=1S/C19H31N5O2/c1-22-12-9-20-17(22)6-4-10-23(2)19(26)21-13-15-5-3-11-24(14-15)18(25)16-7-8-16/h9,12,15-16H,3-8,10-11,13-14H2,1-2H3,(H,21,26)/t15-/m0/s1. The van der Waals surface area contributed by atoms with Crippen LogP contribution in [-0.2, 0) is 18.3 Å². The SMILES string of the molecule is CN(CCCc1nccn1C)C(=O)NC[C@@H]1CCCN(C(=O)C2CC2)C1. The number of likely N-dealkylation sites (tertiary alicyclic amines) is 1. The molecule has 0 unspecified atom stereocenters. The molecule has 2 heterocycles. The number of carbonyl (C=O) groups excluding carboxylic acids is 2. The molecule has 2 fully saturated rings. The van der Waals surface area contributed by atoms with Crippen LogP contribution in [0.2, 0.25) is 0 Å². The van der Waals surface area contributed by atoms with Crippen LogP contribution in [0.15, 0.2) is 12.4 Å². The normalized spacial score (nSPS) is 20.1. The van der Waals surface area contributed by atoms with Crippen molar-refractivity contribution in [2.75, 3.05) is 33.2 Å². The summed E-state index contributed by atoms with van der Waals surface area (Å²) in [6, 6.07) is -0.0320. The van der Waals surface area contributed by atoms with E-state index in [2.05, 4.69) is 10.3 Å². The van der Waals surface area contributed by atoms with Crippen molar-refractivity contribution in [1.82, 2.24) is 24.7 Å². The lowest BCUT2D eigenvalue weighted by molar-refractivity contribution is -0.134. The van der Waals surface area contributed by atoms with Gasteiger partial charge < -0.3 is 19.7 Å². The molecule has 2 aliphatic rings. The van der Waals surface area contributed by atoms with Crippen LogP contribution in [0.5, 0.6) is 0 Å². The molecule has 1 N–H and O–H groups in total. The average Bonchev–Trinajstić information content (AvgIpc) is 3.42. The highest BCUT2D eigenvalue weighted by Crippen LogP contribution is 2.32. The number of imidazole rings is 1. The van der Waals surface area contributed by atoms with Gasteiger partial charge in [0.15, 0.2) is 0 Å².